The Morgan fingerprint density at radius 2 is 1.50 bits per heavy atom. The zero-order valence-corrected chi connectivity index (χ0v) is 15.0. The minimum absolute atomic E-state index is 0.0677. The van der Waals surface area contributed by atoms with Crippen LogP contribution in [0.4, 0.5) is 14.5 Å². The van der Waals surface area contributed by atoms with Gasteiger partial charge in [-0.15, -0.1) is 0 Å². The summed E-state index contributed by atoms with van der Waals surface area (Å²) >= 11 is 5.84. The second kappa shape index (κ2) is 7.43. The van der Waals surface area contributed by atoms with Gasteiger partial charge >= 0.3 is 0 Å². The zero-order chi connectivity index (χ0) is 18.7. The fourth-order valence-electron chi connectivity index (χ4n) is 2.50. The number of hydrogen-bond donors (Lipinski definition) is 0. The highest BCUT2D eigenvalue weighted by molar-refractivity contribution is 7.92. The molecule has 0 N–H and O–H groups in total. The lowest BCUT2D eigenvalue weighted by Crippen LogP contribution is -2.32. The van der Waals surface area contributed by atoms with Gasteiger partial charge in [-0.1, -0.05) is 54.1 Å². The topological polar surface area (TPSA) is 37.4 Å². The minimum Gasteiger partial charge on any atom is -0.259 e. The third-order valence-electron chi connectivity index (χ3n) is 3.75. The molecular formula is C19H14ClF2NO2S. The van der Waals surface area contributed by atoms with Gasteiger partial charge in [-0.3, -0.25) is 4.31 Å². The van der Waals surface area contributed by atoms with E-state index >= 15 is 0 Å². The quantitative estimate of drug-likeness (QED) is 0.610. The van der Waals surface area contributed by atoms with Crippen LogP contribution in [-0.2, 0) is 16.6 Å². The lowest BCUT2D eigenvalue weighted by Gasteiger charge is -2.25. The highest BCUT2D eigenvalue weighted by Gasteiger charge is 2.30. The SMILES string of the molecule is O=S(=O)(c1cc(Cl)ccc1F)N(Cc1ccccc1)c1ccccc1F. The molecule has 0 fully saturated rings. The smallest absolute Gasteiger partial charge is 0.259 e. The van der Waals surface area contributed by atoms with Gasteiger partial charge in [-0.2, -0.15) is 0 Å². The average molecular weight is 394 g/mol. The van der Waals surface area contributed by atoms with Gasteiger partial charge < -0.3 is 0 Å². The molecule has 0 spiro atoms. The molecule has 0 aliphatic carbocycles. The Hall–Kier alpha value is -2.44. The molecule has 0 heterocycles. The molecular weight excluding hydrogens is 380 g/mol. The van der Waals surface area contributed by atoms with Crippen LogP contribution < -0.4 is 4.31 Å². The van der Waals surface area contributed by atoms with Crippen LogP contribution in [0.15, 0.2) is 77.7 Å². The summed E-state index contributed by atoms with van der Waals surface area (Å²) in [4.78, 5) is -0.607. The first-order valence-electron chi connectivity index (χ1n) is 7.66. The molecule has 26 heavy (non-hydrogen) atoms. The Balaban J connectivity index is 2.16. The molecule has 0 amide bonds. The summed E-state index contributed by atoms with van der Waals surface area (Å²) in [6, 6.07) is 17.4. The molecule has 0 unspecified atom stereocenters. The van der Waals surface area contributed by atoms with E-state index in [1.54, 1.807) is 30.3 Å². The van der Waals surface area contributed by atoms with Crippen LogP contribution in [0.25, 0.3) is 0 Å². The van der Waals surface area contributed by atoms with E-state index in [4.69, 9.17) is 11.6 Å². The number of para-hydroxylation sites is 1. The second-order valence-corrected chi connectivity index (χ2v) is 7.79. The third kappa shape index (κ3) is 3.71. The van der Waals surface area contributed by atoms with Crippen LogP contribution in [0.3, 0.4) is 0 Å². The van der Waals surface area contributed by atoms with Gasteiger partial charge in [0.05, 0.1) is 12.2 Å². The fourth-order valence-corrected chi connectivity index (χ4v) is 4.29. The van der Waals surface area contributed by atoms with E-state index in [0.717, 1.165) is 22.5 Å². The van der Waals surface area contributed by atoms with Gasteiger partial charge in [0.2, 0.25) is 0 Å². The monoisotopic (exact) mass is 393 g/mol. The predicted molar refractivity (Wildman–Crippen MR) is 97.6 cm³/mol. The Kier molecular flexibility index (Phi) is 5.25. The lowest BCUT2D eigenvalue weighted by atomic mass is 10.2. The summed E-state index contributed by atoms with van der Waals surface area (Å²) < 4.78 is 55.7. The Labute approximate surface area is 155 Å². The third-order valence-corrected chi connectivity index (χ3v) is 5.76. The number of anilines is 1. The molecule has 0 aliphatic heterocycles. The van der Waals surface area contributed by atoms with Crippen molar-refractivity contribution in [2.24, 2.45) is 0 Å². The van der Waals surface area contributed by atoms with Gasteiger partial charge in [0.25, 0.3) is 10.0 Å². The van der Waals surface area contributed by atoms with Gasteiger partial charge in [0.15, 0.2) is 0 Å². The van der Waals surface area contributed by atoms with Crippen LogP contribution in [0.5, 0.6) is 0 Å². The molecule has 7 heteroatoms. The van der Waals surface area contributed by atoms with E-state index in [9.17, 15) is 17.2 Å². The number of nitrogens with zero attached hydrogens (tertiary/aromatic N) is 1. The van der Waals surface area contributed by atoms with Gasteiger partial charge in [0.1, 0.15) is 16.5 Å². The number of rotatable bonds is 5. The molecule has 0 bridgehead atoms. The Bertz CT molecular complexity index is 1030. The molecule has 0 aliphatic rings. The highest BCUT2D eigenvalue weighted by atomic mass is 35.5. The first-order chi connectivity index (χ1) is 12.4. The summed E-state index contributed by atoms with van der Waals surface area (Å²) in [6.45, 7) is -0.157. The summed E-state index contributed by atoms with van der Waals surface area (Å²) in [5.74, 6) is -1.68. The minimum atomic E-state index is -4.39. The van der Waals surface area contributed by atoms with E-state index in [1.165, 1.54) is 24.3 Å². The van der Waals surface area contributed by atoms with Crippen molar-refractivity contribution < 1.29 is 17.2 Å². The molecule has 0 radical (unpaired) electrons. The van der Waals surface area contributed by atoms with Crippen molar-refractivity contribution in [2.75, 3.05) is 4.31 Å². The second-order valence-electron chi connectivity index (χ2n) is 5.52. The first-order valence-corrected chi connectivity index (χ1v) is 9.47. The number of hydrogen-bond acceptors (Lipinski definition) is 2. The summed E-state index contributed by atoms with van der Waals surface area (Å²) in [5.41, 5.74) is 0.456. The molecule has 0 saturated heterocycles. The van der Waals surface area contributed by atoms with Crippen LogP contribution in [-0.4, -0.2) is 8.42 Å². The number of halogens is 3. The molecule has 0 aromatic heterocycles. The maximum absolute atomic E-state index is 14.3. The Morgan fingerprint density at radius 1 is 0.846 bits per heavy atom. The normalized spacial score (nSPS) is 11.3. The molecule has 134 valence electrons. The van der Waals surface area contributed by atoms with Crippen molar-refractivity contribution in [2.45, 2.75) is 11.4 Å². The van der Waals surface area contributed by atoms with Crippen molar-refractivity contribution in [3.63, 3.8) is 0 Å². The molecule has 0 saturated carbocycles. The van der Waals surface area contributed by atoms with Crippen molar-refractivity contribution in [3.05, 3.63) is 95.0 Å². The summed E-state index contributed by atoms with van der Waals surface area (Å²) in [7, 11) is -4.39. The van der Waals surface area contributed by atoms with E-state index in [1.807, 2.05) is 0 Å². The highest BCUT2D eigenvalue weighted by Crippen LogP contribution is 2.30. The van der Waals surface area contributed by atoms with Crippen LogP contribution in [0.1, 0.15) is 5.56 Å². The molecule has 3 rings (SSSR count). The first kappa shape index (κ1) is 18.4. The lowest BCUT2D eigenvalue weighted by molar-refractivity contribution is 0.560. The molecule has 0 atom stereocenters. The summed E-state index contributed by atoms with van der Waals surface area (Å²) in [5, 5.41) is 0.0677. The maximum atomic E-state index is 14.3. The van der Waals surface area contributed by atoms with Gasteiger partial charge in [0, 0.05) is 5.02 Å². The summed E-state index contributed by atoms with van der Waals surface area (Å²) in [6.07, 6.45) is 0. The van der Waals surface area contributed by atoms with Crippen molar-refractivity contribution in [3.8, 4) is 0 Å². The molecule has 3 aromatic rings. The number of sulfonamides is 1. The zero-order valence-electron chi connectivity index (χ0n) is 13.4. The number of benzene rings is 3. The van der Waals surface area contributed by atoms with E-state index < -0.39 is 26.6 Å². The Morgan fingerprint density at radius 3 is 2.19 bits per heavy atom. The maximum Gasteiger partial charge on any atom is 0.267 e. The van der Waals surface area contributed by atoms with E-state index in [2.05, 4.69) is 0 Å². The average Bonchev–Trinajstić information content (AvgIpc) is 2.63. The van der Waals surface area contributed by atoms with Crippen LogP contribution >= 0.6 is 11.6 Å². The van der Waals surface area contributed by atoms with Crippen molar-refractivity contribution in [1.29, 1.82) is 0 Å². The largest absolute Gasteiger partial charge is 0.267 e. The predicted octanol–water partition coefficient (Wildman–Crippen LogP) is 5.01. The molecule has 3 aromatic carbocycles. The van der Waals surface area contributed by atoms with E-state index in [0.29, 0.717) is 5.56 Å². The molecule has 3 nitrogen and oxygen atoms in total. The van der Waals surface area contributed by atoms with E-state index in [-0.39, 0.29) is 17.3 Å². The fraction of sp³-hybridized carbons (Fsp3) is 0.0526. The van der Waals surface area contributed by atoms with Crippen LogP contribution in [0.2, 0.25) is 5.02 Å². The van der Waals surface area contributed by atoms with Crippen molar-refractivity contribution in [1.82, 2.24) is 0 Å². The van der Waals surface area contributed by atoms with Gasteiger partial charge in [-0.05, 0) is 35.9 Å². The van der Waals surface area contributed by atoms with Crippen LogP contribution in [0, 0.1) is 11.6 Å². The van der Waals surface area contributed by atoms with Crippen molar-refractivity contribution >= 4 is 27.3 Å². The standard InChI is InChI=1S/C19H14ClF2NO2S/c20-15-10-11-17(22)19(12-15)26(24,25)23(13-14-6-2-1-3-7-14)18-9-5-4-8-16(18)21/h1-12H,13H2. The van der Waals surface area contributed by atoms with Gasteiger partial charge in [-0.25, -0.2) is 17.2 Å².